The summed E-state index contributed by atoms with van der Waals surface area (Å²) >= 11 is 0. The normalized spacial score (nSPS) is 15.8. The predicted octanol–water partition coefficient (Wildman–Crippen LogP) is 2.06. The molecule has 0 amide bonds. The first-order chi connectivity index (χ1) is 11.1. The highest BCUT2D eigenvalue weighted by Gasteiger charge is 2.20. The Bertz CT molecular complexity index is 776. The molecule has 122 valence electrons. The van der Waals surface area contributed by atoms with Gasteiger partial charge in [-0.15, -0.1) is 0 Å². The molecule has 0 N–H and O–H groups in total. The Kier molecular flexibility index (Phi) is 4.61. The van der Waals surface area contributed by atoms with Crippen molar-refractivity contribution in [1.82, 2.24) is 3.97 Å². The standard InChI is InChI=1S/C16H17NO5S/c18-15(6-7-16-21-10-11-22-16)13-8-9-17(12-13)23(19,20)14-4-2-1-3-5-14/h1-5,8-9,12,16H,6-7,10-11H2. The molecule has 0 spiro atoms. The molecule has 7 heteroatoms. The lowest BCUT2D eigenvalue weighted by atomic mass is 10.1. The van der Waals surface area contributed by atoms with Gasteiger partial charge >= 0.3 is 0 Å². The number of Topliss-reactive ketones (excluding diaryl/α,β-unsaturated/α-hetero) is 1. The first kappa shape index (κ1) is 15.9. The number of ketones is 1. The van der Waals surface area contributed by atoms with Gasteiger partial charge < -0.3 is 9.47 Å². The zero-order valence-corrected chi connectivity index (χ0v) is 13.2. The van der Waals surface area contributed by atoms with Crippen LogP contribution in [-0.2, 0) is 19.5 Å². The fraction of sp³-hybridized carbons (Fsp3) is 0.312. The average Bonchev–Trinajstić information content (AvgIpc) is 3.25. The second kappa shape index (κ2) is 6.66. The van der Waals surface area contributed by atoms with E-state index in [1.165, 1.54) is 30.6 Å². The van der Waals surface area contributed by atoms with Crippen LogP contribution in [-0.4, -0.2) is 37.7 Å². The van der Waals surface area contributed by atoms with Crippen LogP contribution in [0.25, 0.3) is 0 Å². The molecule has 1 aromatic heterocycles. The second-order valence-electron chi connectivity index (χ2n) is 5.18. The van der Waals surface area contributed by atoms with Crippen molar-refractivity contribution in [3.05, 3.63) is 54.4 Å². The van der Waals surface area contributed by atoms with E-state index in [1.54, 1.807) is 18.2 Å². The van der Waals surface area contributed by atoms with Crippen molar-refractivity contribution in [2.75, 3.05) is 13.2 Å². The van der Waals surface area contributed by atoms with E-state index in [1.807, 2.05) is 0 Å². The molecule has 2 aromatic rings. The van der Waals surface area contributed by atoms with Gasteiger partial charge in [0.1, 0.15) is 0 Å². The predicted molar refractivity (Wildman–Crippen MR) is 82.7 cm³/mol. The SMILES string of the molecule is O=C(CCC1OCCO1)c1ccn(S(=O)(=O)c2ccccc2)c1. The van der Waals surface area contributed by atoms with Gasteiger partial charge in [0.2, 0.25) is 0 Å². The van der Waals surface area contributed by atoms with Crippen LogP contribution in [0.15, 0.2) is 53.7 Å². The minimum atomic E-state index is -3.67. The minimum absolute atomic E-state index is 0.133. The van der Waals surface area contributed by atoms with Crippen LogP contribution in [0.1, 0.15) is 23.2 Å². The Morgan fingerprint density at radius 3 is 2.52 bits per heavy atom. The maximum absolute atomic E-state index is 12.4. The Morgan fingerprint density at radius 2 is 1.83 bits per heavy atom. The topological polar surface area (TPSA) is 74.6 Å². The van der Waals surface area contributed by atoms with Crippen molar-refractivity contribution in [3.63, 3.8) is 0 Å². The van der Waals surface area contributed by atoms with E-state index in [9.17, 15) is 13.2 Å². The van der Waals surface area contributed by atoms with E-state index >= 15 is 0 Å². The summed E-state index contributed by atoms with van der Waals surface area (Å²) in [5.41, 5.74) is 0.363. The zero-order chi connectivity index (χ0) is 16.3. The Labute approximate surface area is 134 Å². The van der Waals surface area contributed by atoms with Crippen molar-refractivity contribution < 1.29 is 22.7 Å². The number of carbonyl (C=O) groups is 1. The molecule has 0 saturated carbocycles. The van der Waals surface area contributed by atoms with Crippen molar-refractivity contribution in [2.24, 2.45) is 0 Å². The Hall–Kier alpha value is -1.96. The number of hydrogen-bond acceptors (Lipinski definition) is 5. The lowest BCUT2D eigenvalue weighted by Crippen LogP contribution is -2.12. The summed E-state index contributed by atoms with van der Waals surface area (Å²) in [7, 11) is -3.67. The van der Waals surface area contributed by atoms with Crippen LogP contribution in [0.3, 0.4) is 0 Å². The number of nitrogens with zero attached hydrogens (tertiary/aromatic N) is 1. The molecule has 2 heterocycles. The summed E-state index contributed by atoms with van der Waals surface area (Å²) < 4.78 is 36.5. The maximum Gasteiger partial charge on any atom is 0.267 e. The van der Waals surface area contributed by atoms with Crippen LogP contribution in [0.4, 0.5) is 0 Å². The van der Waals surface area contributed by atoms with Gasteiger partial charge in [-0.2, -0.15) is 0 Å². The number of carbonyl (C=O) groups excluding carboxylic acids is 1. The Morgan fingerprint density at radius 1 is 1.13 bits per heavy atom. The highest BCUT2D eigenvalue weighted by atomic mass is 32.2. The zero-order valence-electron chi connectivity index (χ0n) is 12.4. The number of aromatic nitrogens is 1. The summed E-state index contributed by atoms with van der Waals surface area (Å²) in [5, 5.41) is 0. The summed E-state index contributed by atoms with van der Waals surface area (Å²) in [4.78, 5) is 12.3. The molecule has 3 rings (SSSR count). The van der Waals surface area contributed by atoms with E-state index in [2.05, 4.69) is 0 Å². The second-order valence-corrected chi connectivity index (χ2v) is 7.02. The first-order valence-electron chi connectivity index (χ1n) is 7.32. The first-order valence-corrected chi connectivity index (χ1v) is 8.76. The molecule has 1 fully saturated rings. The molecule has 1 aromatic carbocycles. The quantitative estimate of drug-likeness (QED) is 0.756. The molecule has 0 atom stereocenters. The molecule has 0 aliphatic carbocycles. The number of ether oxygens (including phenoxy) is 2. The van der Waals surface area contributed by atoms with Crippen molar-refractivity contribution in [1.29, 1.82) is 0 Å². The molecular weight excluding hydrogens is 318 g/mol. The highest BCUT2D eigenvalue weighted by molar-refractivity contribution is 7.90. The molecule has 0 bridgehead atoms. The van der Waals surface area contributed by atoms with Gasteiger partial charge in [0.25, 0.3) is 10.0 Å². The van der Waals surface area contributed by atoms with Crippen LogP contribution in [0.5, 0.6) is 0 Å². The summed E-state index contributed by atoms with van der Waals surface area (Å²) in [5.74, 6) is -0.133. The smallest absolute Gasteiger partial charge is 0.267 e. The van der Waals surface area contributed by atoms with Gasteiger partial charge in [-0.3, -0.25) is 4.79 Å². The highest BCUT2D eigenvalue weighted by Crippen LogP contribution is 2.17. The van der Waals surface area contributed by atoms with Crippen LogP contribution >= 0.6 is 0 Å². The molecule has 1 aliphatic heterocycles. The summed E-state index contributed by atoms with van der Waals surface area (Å²) in [6.07, 6.45) is 3.11. The van der Waals surface area contributed by atoms with Crippen molar-refractivity contribution in [3.8, 4) is 0 Å². The van der Waals surface area contributed by atoms with E-state index in [-0.39, 0.29) is 23.4 Å². The maximum atomic E-state index is 12.4. The molecule has 0 unspecified atom stereocenters. The third-order valence-corrected chi connectivity index (χ3v) is 5.26. The molecular formula is C16H17NO5S. The van der Waals surface area contributed by atoms with E-state index in [0.29, 0.717) is 25.2 Å². The van der Waals surface area contributed by atoms with Crippen molar-refractivity contribution in [2.45, 2.75) is 24.0 Å². The van der Waals surface area contributed by atoms with Crippen molar-refractivity contribution >= 4 is 15.8 Å². The number of hydrogen-bond donors (Lipinski definition) is 0. The summed E-state index contributed by atoms with van der Waals surface area (Å²) in [6, 6.07) is 9.61. The van der Waals surface area contributed by atoms with Gasteiger partial charge in [-0.1, -0.05) is 18.2 Å². The van der Waals surface area contributed by atoms with Gasteiger partial charge in [-0.05, 0) is 18.2 Å². The average molecular weight is 335 g/mol. The minimum Gasteiger partial charge on any atom is -0.350 e. The summed E-state index contributed by atoms with van der Waals surface area (Å²) in [6.45, 7) is 1.09. The van der Waals surface area contributed by atoms with E-state index in [4.69, 9.17) is 9.47 Å². The lowest BCUT2D eigenvalue weighted by molar-refractivity contribution is -0.0464. The van der Waals surface area contributed by atoms with Crippen LogP contribution < -0.4 is 0 Å². The van der Waals surface area contributed by atoms with Gasteiger partial charge in [0.15, 0.2) is 12.1 Å². The lowest BCUT2D eigenvalue weighted by Gasteiger charge is -2.07. The van der Waals surface area contributed by atoms with Crippen LogP contribution in [0, 0.1) is 0 Å². The molecule has 23 heavy (non-hydrogen) atoms. The number of rotatable bonds is 6. The third kappa shape index (κ3) is 3.52. The fourth-order valence-corrected chi connectivity index (χ4v) is 3.59. The van der Waals surface area contributed by atoms with E-state index < -0.39 is 10.0 Å². The van der Waals surface area contributed by atoms with E-state index in [0.717, 1.165) is 3.97 Å². The molecule has 1 aliphatic rings. The third-order valence-electron chi connectivity index (χ3n) is 3.61. The van der Waals surface area contributed by atoms with Gasteiger partial charge in [0, 0.05) is 30.8 Å². The van der Waals surface area contributed by atoms with Gasteiger partial charge in [-0.25, -0.2) is 12.4 Å². The van der Waals surface area contributed by atoms with Gasteiger partial charge in [0.05, 0.1) is 18.1 Å². The fourth-order valence-electron chi connectivity index (χ4n) is 2.37. The molecule has 0 radical (unpaired) electrons. The number of benzene rings is 1. The monoisotopic (exact) mass is 335 g/mol. The molecule has 6 nitrogen and oxygen atoms in total. The largest absolute Gasteiger partial charge is 0.350 e. The molecule has 1 saturated heterocycles. The van der Waals surface area contributed by atoms with Crippen LogP contribution in [0.2, 0.25) is 0 Å². The Balaban J connectivity index is 1.71.